The van der Waals surface area contributed by atoms with Gasteiger partial charge in [-0.15, -0.1) is 0 Å². The minimum absolute atomic E-state index is 0.0111. The van der Waals surface area contributed by atoms with E-state index < -0.39 is 16.6 Å². The summed E-state index contributed by atoms with van der Waals surface area (Å²) in [5, 5.41) is 0.444. The molecule has 0 radical (unpaired) electrons. The van der Waals surface area contributed by atoms with Gasteiger partial charge in [-0.05, 0) is 217 Å². The van der Waals surface area contributed by atoms with Crippen LogP contribution in [-0.2, 0) is 48.5 Å². The summed E-state index contributed by atoms with van der Waals surface area (Å²) in [5.41, 5.74) is 20.0. The van der Waals surface area contributed by atoms with E-state index in [0.717, 1.165) is 57.8 Å². The smallest absolute Gasteiger partial charge is 0.373 e. The molecule has 0 aliphatic rings. The fourth-order valence-corrected chi connectivity index (χ4v) is 14.3. The van der Waals surface area contributed by atoms with E-state index in [4.69, 9.17) is 18.4 Å². The first-order chi connectivity index (χ1) is 36.9. The lowest BCUT2D eigenvalue weighted by atomic mass is 9.69. The van der Waals surface area contributed by atoms with Crippen LogP contribution in [0.1, 0.15) is 223 Å². The molecule has 0 spiro atoms. The molecule has 0 N–H and O–H groups in total. The lowest BCUT2D eigenvalue weighted by molar-refractivity contribution is -0.191. The van der Waals surface area contributed by atoms with Gasteiger partial charge in [-0.25, -0.2) is 0 Å². The first-order valence-electron chi connectivity index (χ1n) is 30.7. The highest BCUT2D eigenvalue weighted by atomic mass is 28.4. The van der Waals surface area contributed by atoms with Crippen molar-refractivity contribution in [1.82, 2.24) is 0 Å². The number of benzene rings is 5. The first kappa shape index (κ1) is 70.1. The fourth-order valence-electron chi connectivity index (χ4n) is 11.3. The van der Waals surface area contributed by atoms with Gasteiger partial charge in [-0.3, -0.25) is 0 Å². The van der Waals surface area contributed by atoms with E-state index in [-0.39, 0.29) is 50.1 Å². The van der Waals surface area contributed by atoms with Gasteiger partial charge in [-0.2, -0.15) is 9.59 Å². The number of hydrogen-bond acceptors (Lipinski definition) is 4. The molecule has 0 amide bonds. The van der Waals surface area contributed by atoms with Crippen LogP contribution in [0.5, 0.6) is 0 Å². The Labute approximate surface area is 493 Å². The first-order valence-corrected chi connectivity index (χ1v) is 36.5. The molecule has 2 atom stereocenters. The molecule has 0 bridgehead atoms. The number of hydrogen-bond donors (Lipinski definition) is 0. The van der Waals surface area contributed by atoms with Crippen LogP contribution < -0.4 is 0 Å². The van der Waals surface area contributed by atoms with Crippen molar-refractivity contribution in [2.45, 2.75) is 269 Å². The Morgan fingerprint density at radius 3 is 1.10 bits per heavy atom. The Morgan fingerprint density at radius 1 is 0.438 bits per heavy atom. The second-order valence-corrected chi connectivity index (χ2v) is 38.4. The molecule has 442 valence electrons. The molecule has 0 aromatic heterocycles. The van der Waals surface area contributed by atoms with Gasteiger partial charge >= 0.3 is 6.15 Å². The summed E-state index contributed by atoms with van der Waals surface area (Å²) in [4.78, 5) is 16.2. The lowest BCUT2D eigenvalue weighted by Gasteiger charge is -2.43. The zero-order chi connectivity index (χ0) is 61.0. The van der Waals surface area contributed by atoms with Crippen molar-refractivity contribution in [2.24, 2.45) is 10.8 Å². The average Bonchev–Trinajstić information content (AvgIpc) is 3.36. The lowest BCUT2D eigenvalue weighted by Crippen LogP contribution is -2.47. The van der Waals surface area contributed by atoms with E-state index in [2.05, 4.69) is 276 Å². The van der Waals surface area contributed by atoms with Crippen molar-refractivity contribution in [1.29, 1.82) is 0 Å². The summed E-state index contributed by atoms with van der Waals surface area (Å²) in [6, 6.07) is 37.9. The summed E-state index contributed by atoms with van der Waals surface area (Å²) < 4.78 is 14.0. The van der Waals surface area contributed by atoms with Crippen LogP contribution in [0.4, 0.5) is 0 Å². The number of rotatable bonds is 20. The predicted molar refractivity (Wildman–Crippen MR) is 352 cm³/mol. The van der Waals surface area contributed by atoms with Gasteiger partial charge in [0.25, 0.3) is 0 Å². The monoisotopic (exact) mass is 1120 g/mol. The molecule has 0 aliphatic heterocycles. The number of aryl methyl sites for hydroxylation is 8. The maximum absolute atomic E-state index is 8.12. The molecule has 0 saturated carbocycles. The molecule has 2 unspecified atom stereocenters. The largest absolute Gasteiger partial charge is 0.413 e. The van der Waals surface area contributed by atoms with Gasteiger partial charge in [-0.1, -0.05) is 215 Å². The van der Waals surface area contributed by atoms with Crippen molar-refractivity contribution in [3.8, 4) is 11.1 Å². The molecular weight excluding hydrogens is 1010 g/mol. The van der Waals surface area contributed by atoms with E-state index in [0.29, 0.717) is 0 Å². The Morgan fingerprint density at radius 2 is 0.787 bits per heavy atom. The maximum atomic E-state index is 8.12. The molecular formula is C74H114O4Si2. The zero-order valence-corrected chi connectivity index (χ0v) is 57.9. The summed E-state index contributed by atoms with van der Waals surface area (Å²) in [6.45, 7) is 60.5. The second kappa shape index (κ2) is 28.4. The van der Waals surface area contributed by atoms with Crippen LogP contribution in [0.15, 0.2) is 97.1 Å². The average molecular weight is 1120 g/mol. The Kier molecular flexibility index (Phi) is 24.9. The summed E-state index contributed by atoms with van der Waals surface area (Å²) in [6.07, 6.45) is 10.5. The third-order valence-corrected chi connectivity index (χ3v) is 28.4. The molecule has 0 heterocycles. The van der Waals surface area contributed by atoms with Crippen LogP contribution in [0, 0.1) is 45.4 Å². The van der Waals surface area contributed by atoms with E-state index in [9.17, 15) is 0 Å². The highest BCUT2D eigenvalue weighted by Crippen LogP contribution is 2.45. The van der Waals surface area contributed by atoms with E-state index >= 15 is 0 Å². The molecule has 4 nitrogen and oxygen atoms in total. The van der Waals surface area contributed by atoms with Crippen molar-refractivity contribution in [3.63, 3.8) is 0 Å². The summed E-state index contributed by atoms with van der Waals surface area (Å²) in [7, 11) is -3.67. The van der Waals surface area contributed by atoms with Crippen LogP contribution >= 0.6 is 0 Å². The molecule has 5 rings (SSSR count). The van der Waals surface area contributed by atoms with Gasteiger partial charge in [0.05, 0.1) is 12.2 Å². The minimum atomic E-state index is -1.85. The quantitative estimate of drug-likeness (QED) is 0.0729. The minimum Gasteiger partial charge on any atom is -0.413 e. The Hall–Kier alpha value is -4.17. The summed E-state index contributed by atoms with van der Waals surface area (Å²) >= 11 is 0. The van der Waals surface area contributed by atoms with E-state index in [1.807, 2.05) is 0 Å². The highest BCUT2D eigenvalue weighted by Gasteiger charge is 2.43. The van der Waals surface area contributed by atoms with Crippen molar-refractivity contribution >= 4 is 22.8 Å². The van der Waals surface area contributed by atoms with Gasteiger partial charge in [0, 0.05) is 10.8 Å². The van der Waals surface area contributed by atoms with Gasteiger partial charge in [0.1, 0.15) is 0 Å². The van der Waals surface area contributed by atoms with Crippen molar-refractivity contribution < 1.29 is 18.4 Å². The normalized spacial score (nSPS) is 13.6. The predicted octanol–water partition coefficient (Wildman–Crippen LogP) is 21.5. The van der Waals surface area contributed by atoms with Gasteiger partial charge in [0.15, 0.2) is 16.6 Å². The summed E-state index contributed by atoms with van der Waals surface area (Å²) in [5.74, 6) is 0. The third-order valence-electron chi connectivity index (χ3n) is 19.5. The molecule has 5 aromatic rings. The SMILES string of the molecule is CCC(CC)(c1ccc(C)c(C)c1)c1ccc(CCC(O[Si](C)(C)C(C)(C)C)C(C)(C)C)c(C)c1.CCc1cccc(-c2ccc(C(CC)(CC)c3ccc(CCC(O[Si](C)(C)C(C)(C)C)C(C)(C)C)c(C)c3)cc2C)c1.O=C=O. The van der Waals surface area contributed by atoms with Crippen LogP contribution in [-0.4, -0.2) is 35.0 Å². The van der Waals surface area contributed by atoms with Crippen molar-refractivity contribution in [3.05, 3.63) is 164 Å². The Bertz CT molecular complexity index is 2790. The zero-order valence-electron chi connectivity index (χ0n) is 55.9. The molecule has 80 heavy (non-hydrogen) atoms. The van der Waals surface area contributed by atoms with E-state index in [1.54, 1.807) is 0 Å². The molecule has 6 heteroatoms. The Balaban J connectivity index is 0.000000407. The topological polar surface area (TPSA) is 52.6 Å². The van der Waals surface area contributed by atoms with Crippen molar-refractivity contribution in [2.75, 3.05) is 0 Å². The molecule has 0 saturated heterocycles. The van der Waals surface area contributed by atoms with Gasteiger partial charge < -0.3 is 8.85 Å². The molecule has 0 fully saturated rings. The van der Waals surface area contributed by atoms with Gasteiger partial charge in [0.2, 0.25) is 0 Å². The van der Waals surface area contributed by atoms with E-state index in [1.165, 1.54) is 77.9 Å². The standard InChI is InChI=1S/C40H60OSi.C33H54OSi.CO2/c1-14-31-18-17-19-33(28-31)36-24-23-35(27-30(36)5)40(15-2,16-3)34-22-20-32(29(4)26-34)21-25-37(38(6,7)8)41-42(12,13)39(9,10)11;1-14-33(15-2,28-19-16-24(3)25(4)22-28)29-20-17-27(26(5)23-29)18-21-30(31(6,7)8)34-35(12,13)32(9,10)11;2-1-3/h17-20,22-24,26-28,37H,14-16,21,25H2,1-13H3;16-17,19-20,22-23,30H,14-15,18,21H2,1-13H3;. The van der Waals surface area contributed by atoms with Crippen LogP contribution in [0.2, 0.25) is 36.3 Å². The van der Waals surface area contributed by atoms with Crippen LogP contribution in [0.25, 0.3) is 11.1 Å². The highest BCUT2D eigenvalue weighted by molar-refractivity contribution is 6.74. The van der Waals surface area contributed by atoms with Crippen LogP contribution in [0.3, 0.4) is 0 Å². The maximum Gasteiger partial charge on any atom is 0.373 e. The third kappa shape index (κ3) is 17.4. The fraction of sp³-hybridized carbons (Fsp3) is 0.581. The number of carbonyl (C=O) groups excluding carboxylic acids is 2. The molecule has 5 aromatic carbocycles. The molecule has 0 aliphatic carbocycles. The second-order valence-electron chi connectivity index (χ2n) is 28.9.